The van der Waals surface area contributed by atoms with Crippen LogP contribution in [0.1, 0.15) is 29.6 Å². The van der Waals surface area contributed by atoms with Crippen molar-refractivity contribution in [2.45, 2.75) is 24.2 Å². The number of carbonyl (C=O) groups is 1. The van der Waals surface area contributed by atoms with Gasteiger partial charge in [-0.25, -0.2) is 13.4 Å². The van der Waals surface area contributed by atoms with Crippen molar-refractivity contribution >= 4 is 21.6 Å². The minimum Gasteiger partial charge on any atom is -0.495 e. The number of hydrogen-bond donors (Lipinski definition) is 1. The van der Waals surface area contributed by atoms with Crippen LogP contribution in [0.25, 0.3) is 5.69 Å². The lowest BCUT2D eigenvalue weighted by Gasteiger charge is -2.26. The topological polar surface area (TPSA) is 93.5 Å². The van der Waals surface area contributed by atoms with Gasteiger partial charge in [0.15, 0.2) is 0 Å². The van der Waals surface area contributed by atoms with Crippen LogP contribution >= 0.6 is 0 Å². The van der Waals surface area contributed by atoms with Gasteiger partial charge in [-0.2, -0.15) is 4.31 Å². The van der Waals surface area contributed by atoms with Gasteiger partial charge in [-0.05, 0) is 55.3 Å². The predicted molar refractivity (Wildman–Crippen MR) is 117 cm³/mol. The first-order valence-electron chi connectivity index (χ1n) is 10.1. The zero-order valence-electron chi connectivity index (χ0n) is 17.2. The summed E-state index contributed by atoms with van der Waals surface area (Å²) in [5, 5.41) is 2.78. The molecule has 0 aliphatic carbocycles. The first-order chi connectivity index (χ1) is 15.0. The summed E-state index contributed by atoms with van der Waals surface area (Å²) in [7, 11) is -2.27. The Bertz CT molecular complexity index is 1150. The summed E-state index contributed by atoms with van der Waals surface area (Å²) in [5.41, 5.74) is 1.73. The molecule has 1 saturated heterocycles. The number of methoxy groups -OCH3 is 1. The highest BCUT2D eigenvalue weighted by Gasteiger charge is 2.29. The number of hydrogen-bond acceptors (Lipinski definition) is 5. The van der Waals surface area contributed by atoms with Crippen LogP contribution in [0.4, 0.5) is 5.69 Å². The number of amides is 1. The molecule has 0 saturated carbocycles. The van der Waals surface area contributed by atoms with Crippen LogP contribution in [-0.2, 0) is 10.0 Å². The van der Waals surface area contributed by atoms with E-state index in [-0.39, 0.29) is 16.6 Å². The van der Waals surface area contributed by atoms with Crippen LogP contribution in [0, 0.1) is 0 Å². The number of nitrogens with zero attached hydrogens (tertiary/aromatic N) is 3. The Hall–Kier alpha value is -3.17. The van der Waals surface area contributed by atoms with Gasteiger partial charge in [0.25, 0.3) is 5.91 Å². The molecule has 1 N–H and O–H groups in total. The lowest BCUT2D eigenvalue weighted by atomic mass is 10.2. The smallest absolute Gasteiger partial charge is 0.255 e. The van der Waals surface area contributed by atoms with Gasteiger partial charge >= 0.3 is 0 Å². The largest absolute Gasteiger partial charge is 0.495 e. The predicted octanol–water partition coefficient (Wildman–Crippen LogP) is 3.31. The summed E-state index contributed by atoms with van der Waals surface area (Å²) in [5.74, 6) is -0.0723. The van der Waals surface area contributed by atoms with Crippen molar-refractivity contribution in [1.82, 2.24) is 13.9 Å². The standard InChI is InChI=1S/C22H24N4O4S/c1-30-20-10-7-18(15-21(20)31(28,29)26-12-3-2-4-13-26)24-22(27)17-5-8-19(9-6-17)25-14-11-23-16-25/h5-11,14-16H,2-4,12-13H2,1H3,(H,24,27). The summed E-state index contributed by atoms with van der Waals surface area (Å²) < 4.78 is 34.9. The van der Waals surface area contributed by atoms with Crippen LogP contribution < -0.4 is 10.1 Å². The first-order valence-corrected chi connectivity index (χ1v) is 11.5. The molecule has 0 spiro atoms. The number of ether oxygens (including phenoxy) is 1. The Morgan fingerprint density at radius 1 is 1.06 bits per heavy atom. The van der Waals surface area contributed by atoms with Crippen molar-refractivity contribution < 1.29 is 17.9 Å². The van der Waals surface area contributed by atoms with Gasteiger partial charge in [0.2, 0.25) is 10.0 Å². The molecule has 1 fully saturated rings. The van der Waals surface area contributed by atoms with E-state index in [0.29, 0.717) is 24.3 Å². The number of imidazole rings is 1. The Morgan fingerprint density at radius 2 is 1.81 bits per heavy atom. The minimum atomic E-state index is -3.71. The number of piperidine rings is 1. The van der Waals surface area contributed by atoms with Gasteiger partial charge in [-0.15, -0.1) is 0 Å². The maximum absolute atomic E-state index is 13.2. The molecular weight excluding hydrogens is 416 g/mol. The average molecular weight is 441 g/mol. The van der Waals surface area contributed by atoms with Crippen LogP contribution in [-0.4, -0.2) is 48.4 Å². The van der Waals surface area contributed by atoms with E-state index in [1.165, 1.54) is 17.5 Å². The van der Waals surface area contributed by atoms with Gasteiger partial charge in [0.1, 0.15) is 10.6 Å². The third-order valence-electron chi connectivity index (χ3n) is 5.29. The zero-order valence-corrected chi connectivity index (χ0v) is 18.0. The molecule has 1 aliphatic heterocycles. The minimum absolute atomic E-state index is 0.0603. The molecule has 2 aromatic carbocycles. The van der Waals surface area contributed by atoms with Gasteiger partial charge in [0.05, 0.1) is 13.4 Å². The van der Waals surface area contributed by atoms with E-state index in [0.717, 1.165) is 24.9 Å². The number of nitrogens with one attached hydrogen (secondary N) is 1. The highest BCUT2D eigenvalue weighted by molar-refractivity contribution is 7.89. The Balaban J connectivity index is 1.56. The summed E-state index contributed by atoms with van der Waals surface area (Å²) in [6.45, 7) is 0.983. The molecule has 1 amide bonds. The van der Waals surface area contributed by atoms with E-state index < -0.39 is 10.0 Å². The van der Waals surface area contributed by atoms with Gasteiger partial charge in [0, 0.05) is 42.4 Å². The molecule has 9 heteroatoms. The number of benzene rings is 2. The summed E-state index contributed by atoms with van der Waals surface area (Å²) in [6.07, 6.45) is 7.88. The van der Waals surface area contributed by atoms with Crippen molar-refractivity contribution in [1.29, 1.82) is 0 Å². The lowest BCUT2D eigenvalue weighted by molar-refractivity contribution is 0.102. The van der Waals surface area contributed by atoms with Crippen LogP contribution in [0.2, 0.25) is 0 Å². The van der Waals surface area contributed by atoms with E-state index in [1.54, 1.807) is 36.8 Å². The van der Waals surface area contributed by atoms with Crippen LogP contribution in [0.3, 0.4) is 0 Å². The van der Waals surface area contributed by atoms with Crippen molar-refractivity contribution in [3.8, 4) is 11.4 Å². The molecule has 0 radical (unpaired) electrons. The van der Waals surface area contributed by atoms with Crippen LogP contribution in [0.15, 0.2) is 66.1 Å². The fourth-order valence-corrected chi connectivity index (χ4v) is 5.30. The van der Waals surface area contributed by atoms with Crippen molar-refractivity contribution in [2.75, 3.05) is 25.5 Å². The molecule has 2 heterocycles. The highest BCUT2D eigenvalue weighted by atomic mass is 32.2. The molecule has 0 bridgehead atoms. The normalized spacial score (nSPS) is 14.9. The summed E-state index contributed by atoms with van der Waals surface area (Å²) in [6, 6.07) is 11.7. The number of sulfonamides is 1. The maximum atomic E-state index is 13.2. The fraction of sp³-hybridized carbons (Fsp3) is 0.273. The Morgan fingerprint density at radius 3 is 2.45 bits per heavy atom. The van der Waals surface area contributed by atoms with Crippen molar-refractivity contribution in [2.24, 2.45) is 0 Å². The van der Waals surface area contributed by atoms with Gasteiger partial charge in [-0.3, -0.25) is 4.79 Å². The number of aromatic nitrogens is 2. The third-order valence-corrected chi connectivity index (χ3v) is 7.21. The molecule has 1 aliphatic rings. The number of anilines is 1. The molecule has 162 valence electrons. The molecule has 0 atom stereocenters. The van der Waals surface area contributed by atoms with Gasteiger partial charge < -0.3 is 14.6 Å². The Kier molecular flexibility index (Phi) is 6.06. The maximum Gasteiger partial charge on any atom is 0.255 e. The van der Waals surface area contributed by atoms with E-state index >= 15 is 0 Å². The van der Waals surface area contributed by atoms with E-state index in [9.17, 15) is 13.2 Å². The van der Waals surface area contributed by atoms with E-state index in [4.69, 9.17) is 4.74 Å². The zero-order chi connectivity index (χ0) is 21.8. The average Bonchev–Trinajstić information content (AvgIpc) is 3.35. The molecule has 0 unspecified atom stereocenters. The highest BCUT2D eigenvalue weighted by Crippen LogP contribution is 2.31. The van der Waals surface area contributed by atoms with Crippen molar-refractivity contribution in [3.63, 3.8) is 0 Å². The van der Waals surface area contributed by atoms with Crippen LogP contribution in [0.5, 0.6) is 5.75 Å². The van der Waals surface area contributed by atoms with E-state index in [2.05, 4.69) is 10.3 Å². The number of carbonyl (C=O) groups excluding carboxylic acids is 1. The van der Waals surface area contributed by atoms with Gasteiger partial charge in [-0.1, -0.05) is 6.42 Å². The summed E-state index contributed by atoms with van der Waals surface area (Å²) >= 11 is 0. The quantitative estimate of drug-likeness (QED) is 0.635. The lowest BCUT2D eigenvalue weighted by Crippen LogP contribution is -2.35. The molecule has 31 heavy (non-hydrogen) atoms. The molecule has 4 rings (SSSR count). The Labute approximate surface area is 181 Å². The molecule has 1 aromatic heterocycles. The van der Waals surface area contributed by atoms with E-state index in [1.807, 2.05) is 22.9 Å². The molecule has 3 aromatic rings. The third kappa shape index (κ3) is 4.47. The first kappa shape index (κ1) is 21.1. The second-order valence-electron chi connectivity index (χ2n) is 7.30. The number of rotatable bonds is 6. The molecule has 8 nitrogen and oxygen atoms in total. The second kappa shape index (κ2) is 8.91. The fourth-order valence-electron chi connectivity index (χ4n) is 3.60. The van der Waals surface area contributed by atoms with Crippen molar-refractivity contribution in [3.05, 3.63) is 66.7 Å². The summed E-state index contributed by atoms with van der Waals surface area (Å²) in [4.78, 5) is 16.8. The second-order valence-corrected chi connectivity index (χ2v) is 9.21. The molecular formula is C22H24N4O4S. The SMILES string of the molecule is COc1ccc(NC(=O)c2ccc(-n3ccnc3)cc2)cc1S(=O)(=O)N1CCCCC1. The monoisotopic (exact) mass is 440 g/mol.